The Hall–Kier alpha value is -0.450. The molecule has 0 bridgehead atoms. The lowest BCUT2D eigenvalue weighted by atomic mass is 10.1. The van der Waals surface area contributed by atoms with Crippen molar-refractivity contribution >= 4 is 11.8 Å². The second-order valence-electron chi connectivity index (χ2n) is 4.77. The third kappa shape index (κ3) is 3.03. The maximum Gasteiger partial charge on any atom is 0.114 e. The van der Waals surface area contributed by atoms with Crippen molar-refractivity contribution in [3.8, 4) is 0 Å². The topological polar surface area (TPSA) is 45.4 Å². The molecule has 0 aliphatic heterocycles. The van der Waals surface area contributed by atoms with Crippen molar-refractivity contribution in [3.05, 3.63) is 18.1 Å². The summed E-state index contributed by atoms with van der Waals surface area (Å²) in [5.41, 5.74) is -0.185. The van der Waals surface area contributed by atoms with Crippen molar-refractivity contribution in [2.24, 2.45) is 0 Å². The molecule has 1 aliphatic carbocycles. The van der Waals surface area contributed by atoms with Gasteiger partial charge in [-0.05, 0) is 32.8 Å². The molecule has 1 heterocycles. The Morgan fingerprint density at radius 3 is 2.88 bits per heavy atom. The molecule has 3 nitrogen and oxygen atoms in total. The number of aliphatic hydroxyl groups is 1. The lowest BCUT2D eigenvalue weighted by Crippen LogP contribution is -2.49. The number of nitrogens with one attached hydrogen (secondary N) is 1. The highest BCUT2D eigenvalue weighted by atomic mass is 32.2. The minimum Gasteiger partial charge on any atom is -0.468 e. The highest BCUT2D eigenvalue weighted by molar-refractivity contribution is 7.99. The van der Waals surface area contributed by atoms with E-state index in [1.807, 2.05) is 13.0 Å². The van der Waals surface area contributed by atoms with Crippen LogP contribution in [0.1, 0.15) is 25.5 Å². The molecule has 0 spiro atoms. The quantitative estimate of drug-likeness (QED) is 0.749. The van der Waals surface area contributed by atoms with Gasteiger partial charge in [0.05, 0.1) is 12.9 Å². The summed E-state index contributed by atoms with van der Waals surface area (Å²) in [6, 6.07) is 2.60. The zero-order valence-electron chi connectivity index (χ0n) is 9.82. The fraction of sp³-hybridized carbons (Fsp3) is 0.667. The van der Waals surface area contributed by atoms with Crippen LogP contribution in [0.15, 0.2) is 21.6 Å². The van der Waals surface area contributed by atoms with Crippen LogP contribution >= 0.6 is 11.8 Å². The molecule has 1 fully saturated rings. The summed E-state index contributed by atoms with van der Waals surface area (Å²) in [7, 11) is 0. The van der Waals surface area contributed by atoms with Gasteiger partial charge in [0.1, 0.15) is 5.76 Å². The smallest absolute Gasteiger partial charge is 0.114 e. The van der Waals surface area contributed by atoms with Crippen LogP contribution < -0.4 is 5.32 Å². The lowest BCUT2D eigenvalue weighted by Gasteiger charge is -2.28. The number of aryl methyl sites for hydroxylation is 1. The first-order chi connectivity index (χ1) is 7.63. The monoisotopic (exact) mass is 241 g/mol. The van der Waals surface area contributed by atoms with Crippen LogP contribution in [-0.4, -0.2) is 29.0 Å². The molecule has 90 valence electrons. The summed E-state index contributed by atoms with van der Waals surface area (Å²) in [6.45, 7) is 4.22. The Bertz CT molecular complexity index is 349. The van der Waals surface area contributed by atoms with E-state index in [1.54, 1.807) is 18.0 Å². The van der Waals surface area contributed by atoms with Gasteiger partial charge in [0.2, 0.25) is 0 Å². The van der Waals surface area contributed by atoms with Gasteiger partial charge in [-0.3, -0.25) is 0 Å². The standard InChI is InChI=1S/C12H19NO2S/c1-9-11(5-6-15-9)16-8-12(2,7-14)13-10-3-4-10/h5-6,10,13-14H,3-4,7-8H2,1-2H3. The summed E-state index contributed by atoms with van der Waals surface area (Å²) < 4.78 is 5.25. The van der Waals surface area contributed by atoms with Gasteiger partial charge in [-0.25, -0.2) is 0 Å². The number of hydrogen-bond acceptors (Lipinski definition) is 4. The van der Waals surface area contributed by atoms with Crippen LogP contribution in [0, 0.1) is 6.92 Å². The van der Waals surface area contributed by atoms with Gasteiger partial charge in [0, 0.05) is 22.2 Å². The van der Waals surface area contributed by atoms with Gasteiger partial charge in [-0.15, -0.1) is 11.8 Å². The molecule has 1 aromatic rings. The second kappa shape index (κ2) is 4.82. The van der Waals surface area contributed by atoms with Gasteiger partial charge >= 0.3 is 0 Å². The molecular formula is C12H19NO2S. The fourth-order valence-electron chi connectivity index (χ4n) is 1.61. The van der Waals surface area contributed by atoms with Crippen molar-refractivity contribution in [2.45, 2.75) is 43.2 Å². The summed E-state index contributed by atoms with van der Waals surface area (Å²) in [4.78, 5) is 1.16. The van der Waals surface area contributed by atoms with E-state index >= 15 is 0 Å². The number of hydrogen-bond donors (Lipinski definition) is 2. The molecular weight excluding hydrogens is 222 g/mol. The van der Waals surface area contributed by atoms with Crippen LogP contribution in [0.2, 0.25) is 0 Å². The van der Waals surface area contributed by atoms with Crippen molar-refractivity contribution < 1.29 is 9.52 Å². The number of thioether (sulfide) groups is 1. The van der Waals surface area contributed by atoms with E-state index in [2.05, 4.69) is 12.2 Å². The van der Waals surface area contributed by atoms with E-state index in [-0.39, 0.29) is 12.1 Å². The molecule has 16 heavy (non-hydrogen) atoms. The molecule has 0 radical (unpaired) electrons. The average Bonchev–Trinajstić information content (AvgIpc) is 2.97. The largest absolute Gasteiger partial charge is 0.468 e. The van der Waals surface area contributed by atoms with Crippen LogP contribution in [0.25, 0.3) is 0 Å². The summed E-state index contributed by atoms with van der Waals surface area (Å²) in [5, 5.41) is 13.0. The lowest BCUT2D eigenvalue weighted by molar-refractivity contribution is 0.190. The summed E-state index contributed by atoms with van der Waals surface area (Å²) in [5.74, 6) is 1.82. The molecule has 0 saturated heterocycles. The van der Waals surface area contributed by atoms with Gasteiger partial charge in [0.25, 0.3) is 0 Å². The van der Waals surface area contributed by atoms with Crippen LogP contribution in [-0.2, 0) is 0 Å². The first-order valence-corrected chi connectivity index (χ1v) is 6.67. The highest BCUT2D eigenvalue weighted by Crippen LogP contribution is 2.29. The third-order valence-corrected chi connectivity index (χ3v) is 4.35. The maximum atomic E-state index is 9.46. The van der Waals surface area contributed by atoms with E-state index in [0.29, 0.717) is 6.04 Å². The predicted molar refractivity (Wildman–Crippen MR) is 65.8 cm³/mol. The van der Waals surface area contributed by atoms with Crippen LogP contribution in [0.3, 0.4) is 0 Å². The van der Waals surface area contributed by atoms with Crippen LogP contribution in [0.4, 0.5) is 0 Å². The van der Waals surface area contributed by atoms with E-state index in [0.717, 1.165) is 16.4 Å². The van der Waals surface area contributed by atoms with E-state index in [9.17, 15) is 5.11 Å². The van der Waals surface area contributed by atoms with Crippen molar-refractivity contribution in [1.29, 1.82) is 0 Å². The highest BCUT2D eigenvalue weighted by Gasteiger charge is 2.32. The molecule has 2 rings (SSSR count). The fourth-order valence-corrected chi connectivity index (χ4v) is 2.67. The van der Waals surface area contributed by atoms with Crippen LogP contribution in [0.5, 0.6) is 0 Å². The Labute approximate surface area is 101 Å². The Morgan fingerprint density at radius 1 is 1.62 bits per heavy atom. The molecule has 2 N–H and O–H groups in total. The van der Waals surface area contributed by atoms with Gasteiger partial charge < -0.3 is 14.8 Å². The Morgan fingerprint density at radius 2 is 2.38 bits per heavy atom. The summed E-state index contributed by atoms with van der Waals surface area (Å²) in [6.07, 6.45) is 4.19. The zero-order chi connectivity index (χ0) is 11.6. The average molecular weight is 241 g/mol. The first-order valence-electron chi connectivity index (χ1n) is 5.68. The zero-order valence-corrected chi connectivity index (χ0v) is 10.6. The van der Waals surface area contributed by atoms with E-state index in [4.69, 9.17) is 4.42 Å². The number of furan rings is 1. The number of rotatable bonds is 6. The van der Waals surface area contributed by atoms with Crippen molar-refractivity contribution in [3.63, 3.8) is 0 Å². The minimum absolute atomic E-state index is 0.174. The SMILES string of the molecule is Cc1occc1SCC(C)(CO)NC1CC1. The first kappa shape index (κ1) is 12.0. The molecule has 0 amide bonds. The molecule has 1 saturated carbocycles. The van der Waals surface area contributed by atoms with Crippen molar-refractivity contribution in [1.82, 2.24) is 5.32 Å². The molecule has 0 aromatic carbocycles. The van der Waals surface area contributed by atoms with Gasteiger partial charge in [-0.2, -0.15) is 0 Å². The predicted octanol–water partition coefficient (Wildman–Crippen LogP) is 2.18. The minimum atomic E-state index is -0.185. The van der Waals surface area contributed by atoms with Crippen molar-refractivity contribution in [2.75, 3.05) is 12.4 Å². The maximum absolute atomic E-state index is 9.46. The Balaban J connectivity index is 1.88. The molecule has 1 atom stereocenters. The van der Waals surface area contributed by atoms with E-state index < -0.39 is 0 Å². The number of aliphatic hydroxyl groups excluding tert-OH is 1. The second-order valence-corrected chi connectivity index (χ2v) is 5.78. The van der Waals surface area contributed by atoms with Gasteiger partial charge in [-0.1, -0.05) is 0 Å². The van der Waals surface area contributed by atoms with E-state index in [1.165, 1.54) is 12.8 Å². The molecule has 1 aliphatic rings. The molecule has 4 heteroatoms. The summed E-state index contributed by atoms with van der Waals surface area (Å²) >= 11 is 1.74. The Kier molecular flexibility index (Phi) is 3.62. The molecule has 1 unspecified atom stereocenters. The molecule has 1 aromatic heterocycles. The van der Waals surface area contributed by atoms with Gasteiger partial charge in [0.15, 0.2) is 0 Å². The third-order valence-electron chi connectivity index (χ3n) is 2.84. The normalized spacial score (nSPS) is 19.7.